The summed E-state index contributed by atoms with van der Waals surface area (Å²) in [6.07, 6.45) is 1.62. The van der Waals surface area contributed by atoms with Crippen molar-refractivity contribution in [3.05, 3.63) is 29.3 Å². The molecule has 0 saturated heterocycles. The van der Waals surface area contributed by atoms with Gasteiger partial charge in [0.1, 0.15) is 12.4 Å². The van der Waals surface area contributed by atoms with E-state index in [1.807, 2.05) is 39.0 Å². The number of fused-ring (bicyclic) bond motifs is 1. The lowest BCUT2D eigenvalue weighted by molar-refractivity contribution is 0.161. The minimum atomic E-state index is -0.590. The zero-order valence-electron chi connectivity index (χ0n) is 12.9. The molecule has 2 amide bonds. The van der Waals surface area contributed by atoms with Gasteiger partial charge in [0.25, 0.3) is 0 Å². The highest BCUT2D eigenvalue weighted by atomic mass is 16.5. The average Bonchev–Trinajstić information content (AvgIpc) is 2.81. The molecular formula is C16H24N2O3. The molecule has 1 aromatic rings. The fourth-order valence-electron chi connectivity index (χ4n) is 2.66. The van der Waals surface area contributed by atoms with Gasteiger partial charge in [-0.2, -0.15) is 0 Å². The van der Waals surface area contributed by atoms with Gasteiger partial charge >= 0.3 is 6.03 Å². The first-order chi connectivity index (χ1) is 9.97. The van der Waals surface area contributed by atoms with E-state index in [2.05, 4.69) is 10.6 Å². The van der Waals surface area contributed by atoms with Gasteiger partial charge in [0, 0.05) is 5.56 Å². The third-order valence-corrected chi connectivity index (χ3v) is 3.82. The lowest BCUT2D eigenvalue weighted by atomic mass is 9.97. The molecule has 5 heteroatoms. The second-order valence-corrected chi connectivity index (χ2v) is 5.97. The Labute approximate surface area is 125 Å². The van der Waals surface area contributed by atoms with Crippen molar-refractivity contribution in [1.82, 2.24) is 10.6 Å². The molecule has 1 heterocycles. The number of nitrogens with one attached hydrogen (secondary N) is 2. The van der Waals surface area contributed by atoms with Crippen molar-refractivity contribution in [2.24, 2.45) is 0 Å². The van der Waals surface area contributed by atoms with Gasteiger partial charge in [0.2, 0.25) is 0 Å². The van der Waals surface area contributed by atoms with Crippen LogP contribution in [-0.2, 0) is 0 Å². The van der Waals surface area contributed by atoms with Crippen LogP contribution in [0.15, 0.2) is 18.2 Å². The molecule has 116 valence electrons. The predicted molar refractivity (Wildman–Crippen MR) is 81.5 cm³/mol. The van der Waals surface area contributed by atoms with Crippen molar-refractivity contribution in [3.8, 4) is 5.75 Å². The number of carbonyl (C=O) groups is 1. The molecule has 0 spiro atoms. The van der Waals surface area contributed by atoms with E-state index in [0.29, 0.717) is 6.61 Å². The molecule has 3 N–H and O–H groups in total. The number of aryl methyl sites for hydroxylation is 1. The van der Waals surface area contributed by atoms with Crippen LogP contribution < -0.4 is 15.4 Å². The van der Waals surface area contributed by atoms with E-state index in [9.17, 15) is 9.90 Å². The summed E-state index contributed by atoms with van der Waals surface area (Å²) >= 11 is 0. The first-order valence-electron chi connectivity index (χ1n) is 7.40. The third kappa shape index (κ3) is 3.67. The molecule has 1 aromatic carbocycles. The van der Waals surface area contributed by atoms with Crippen LogP contribution in [0, 0.1) is 6.92 Å². The van der Waals surface area contributed by atoms with Gasteiger partial charge < -0.3 is 20.5 Å². The van der Waals surface area contributed by atoms with E-state index in [1.54, 1.807) is 0 Å². The van der Waals surface area contributed by atoms with E-state index in [1.165, 1.54) is 0 Å². The largest absolute Gasteiger partial charge is 0.491 e. The summed E-state index contributed by atoms with van der Waals surface area (Å²) in [5.74, 6) is 0.823. The maximum atomic E-state index is 12.2. The first kappa shape index (κ1) is 15.6. The summed E-state index contributed by atoms with van der Waals surface area (Å²) < 4.78 is 5.58. The van der Waals surface area contributed by atoms with Gasteiger partial charge in [-0.05, 0) is 26.3 Å². The normalized spacial score (nSPS) is 19.3. The molecule has 0 radical (unpaired) electrons. The molecule has 1 aliphatic rings. The number of ether oxygens (including phenoxy) is 1. The molecule has 0 aromatic heterocycles. The monoisotopic (exact) mass is 292 g/mol. The van der Waals surface area contributed by atoms with Crippen LogP contribution in [0.4, 0.5) is 4.79 Å². The molecular weight excluding hydrogens is 268 g/mol. The Morgan fingerprint density at radius 1 is 1.52 bits per heavy atom. The average molecular weight is 292 g/mol. The lowest BCUT2D eigenvalue weighted by Crippen LogP contribution is -2.53. The number of amides is 2. The minimum absolute atomic E-state index is 0.0783. The van der Waals surface area contributed by atoms with Gasteiger partial charge in [0.15, 0.2) is 0 Å². The SMILES string of the molecule is CCCC(C)(CO)NC(=O)NC1COc2ccc(C)cc21. The van der Waals surface area contributed by atoms with Crippen molar-refractivity contribution in [2.45, 2.75) is 45.2 Å². The summed E-state index contributed by atoms with van der Waals surface area (Å²) in [6, 6.07) is 5.53. The van der Waals surface area contributed by atoms with Crippen LogP contribution in [0.5, 0.6) is 5.75 Å². The zero-order chi connectivity index (χ0) is 15.5. The van der Waals surface area contributed by atoms with Gasteiger partial charge in [-0.15, -0.1) is 0 Å². The van der Waals surface area contributed by atoms with E-state index >= 15 is 0 Å². The van der Waals surface area contributed by atoms with E-state index in [-0.39, 0.29) is 18.7 Å². The zero-order valence-corrected chi connectivity index (χ0v) is 12.9. The van der Waals surface area contributed by atoms with E-state index < -0.39 is 5.54 Å². The lowest BCUT2D eigenvalue weighted by Gasteiger charge is -2.29. The number of carbonyl (C=O) groups excluding carboxylic acids is 1. The van der Waals surface area contributed by atoms with Crippen LogP contribution in [0.2, 0.25) is 0 Å². The highest BCUT2D eigenvalue weighted by Gasteiger charge is 2.29. The Morgan fingerprint density at radius 2 is 2.29 bits per heavy atom. The van der Waals surface area contributed by atoms with Crippen LogP contribution in [0.3, 0.4) is 0 Å². The standard InChI is InChI=1S/C16H24N2O3/c1-4-7-16(3,10-19)18-15(20)17-13-9-21-14-6-5-11(2)8-12(13)14/h5-6,8,13,19H,4,7,9-10H2,1-3H3,(H2,17,18,20). The van der Waals surface area contributed by atoms with Crippen LogP contribution >= 0.6 is 0 Å². The molecule has 0 aliphatic carbocycles. The quantitative estimate of drug-likeness (QED) is 0.779. The molecule has 2 unspecified atom stereocenters. The minimum Gasteiger partial charge on any atom is -0.491 e. The highest BCUT2D eigenvalue weighted by Crippen LogP contribution is 2.32. The molecule has 0 fully saturated rings. The first-order valence-corrected chi connectivity index (χ1v) is 7.40. The Morgan fingerprint density at radius 3 is 2.95 bits per heavy atom. The van der Waals surface area contributed by atoms with Crippen LogP contribution in [0.25, 0.3) is 0 Å². The van der Waals surface area contributed by atoms with E-state index in [4.69, 9.17) is 4.74 Å². The van der Waals surface area contributed by atoms with Crippen molar-refractivity contribution in [3.63, 3.8) is 0 Å². The third-order valence-electron chi connectivity index (χ3n) is 3.82. The van der Waals surface area contributed by atoms with Crippen molar-refractivity contribution in [1.29, 1.82) is 0 Å². The summed E-state index contributed by atoms with van der Waals surface area (Å²) in [7, 11) is 0. The van der Waals surface area contributed by atoms with Gasteiger partial charge in [-0.25, -0.2) is 4.79 Å². The van der Waals surface area contributed by atoms with Crippen LogP contribution in [0.1, 0.15) is 43.9 Å². The number of hydrogen-bond acceptors (Lipinski definition) is 3. The number of aliphatic hydroxyl groups is 1. The van der Waals surface area contributed by atoms with Crippen molar-refractivity contribution >= 4 is 6.03 Å². The Hall–Kier alpha value is -1.75. The van der Waals surface area contributed by atoms with E-state index in [0.717, 1.165) is 29.7 Å². The number of urea groups is 1. The summed E-state index contributed by atoms with van der Waals surface area (Å²) in [5.41, 5.74) is 1.55. The fraction of sp³-hybridized carbons (Fsp3) is 0.562. The number of hydrogen-bond donors (Lipinski definition) is 3. The molecule has 0 saturated carbocycles. The molecule has 5 nitrogen and oxygen atoms in total. The Bertz CT molecular complexity index is 518. The molecule has 0 bridgehead atoms. The Kier molecular flexibility index (Phi) is 4.73. The maximum absolute atomic E-state index is 12.2. The number of benzene rings is 1. The molecule has 2 atom stereocenters. The number of rotatable bonds is 5. The predicted octanol–water partition coefficient (Wildman–Crippen LogP) is 2.28. The fourth-order valence-corrected chi connectivity index (χ4v) is 2.66. The summed E-state index contributed by atoms with van der Waals surface area (Å²) in [6.45, 7) is 6.25. The second-order valence-electron chi connectivity index (χ2n) is 5.97. The number of aliphatic hydroxyl groups excluding tert-OH is 1. The van der Waals surface area contributed by atoms with Gasteiger partial charge in [-0.3, -0.25) is 0 Å². The smallest absolute Gasteiger partial charge is 0.315 e. The topological polar surface area (TPSA) is 70.6 Å². The van der Waals surface area contributed by atoms with Crippen molar-refractivity contribution < 1.29 is 14.6 Å². The maximum Gasteiger partial charge on any atom is 0.315 e. The Balaban J connectivity index is 2.00. The molecule has 2 rings (SSSR count). The molecule has 21 heavy (non-hydrogen) atoms. The van der Waals surface area contributed by atoms with Crippen molar-refractivity contribution in [2.75, 3.05) is 13.2 Å². The summed E-state index contributed by atoms with van der Waals surface area (Å²) in [5, 5.41) is 15.2. The van der Waals surface area contributed by atoms with Crippen LogP contribution in [-0.4, -0.2) is 29.9 Å². The summed E-state index contributed by atoms with van der Waals surface area (Å²) in [4.78, 5) is 12.2. The highest BCUT2D eigenvalue weighted by molar-refractivity contribution is 5.75. The second kappa shape index (κ2) is 6.35. The van der Waals surface area contributed by atoms with Gasteiger partial charge in [0.05, 0.1) is 18.2 Å². The molecule has 1 aliphatic heterocycles. The van der Waals surface area contributed by atoms with Gasteiger partial charge in [-0.1, -0.05) is 31.0 Å².